The first-order valence-electron chi connectivity index (χ1n) is 20.3. The molecule has 10 rings (SSSR count). The molecule has 4 aliphatic heterocycles. The number of aryl methyl sites for hydroxylation is 1. The normalized spacial score (nSPS) is 21.2. The molecule has 0 atom stereocenters. The molecule has 2 saturated heterocycles. The van der Waals surface area contributed by atoms with Crippen LogP contribution in [0.1, 0.15) is 73.6 Å². The second kappa shape index (κ2) is 15.7. The summed E-state index contributed by atoms with van der Waals surface area (Å²) >= 11 is 12.8. The summed E-state index contributed by atoms with van der Waals surface area (Å²) in [5.41, 5.74) is 17.3. The molecule has 2 aromatic heterocycles. The Balaban J connectivity index is 0.000000142. The van der Waals surface area contributed by atoms with Gasteiger partial charge in [0.15, 0.2) is 11.6 Å². The lowest BCUT2D eigenvalue weighted by molar-refractivity contribution is 0.107. The van der Waals surface area contributed by atoms with E-state index in [1.54, 1.807) is 12.4 Å². The number of benzene rings is 2. The molecule has 0 radical (unpaired) electrons. The summed E-state index contributed by atoms with van der Waals surface area (Å²) in [4.78, 5) is 25.7. The maximum absolute atomic E-state index is 10.6. The number of hydrogen-bond donors (Lipinski definition) is 4. The van der Waals surface area contributed by atoms with E-state index in [0.717, 1.165) is 102 Å². The van der Waals surface area contributed by atoms with Crippen LogP contribution in [0.4, 0.5) is 34.9 Å². The van der Waals surface area contributed by atoms with Crippen molar-refractivity contribution in [3.8, 4) is 24.2 Å². The van der Waals surface area contributed by atoms with E-state index in [1.807, 2.05) is 0 Å². The molecule has 4 aromatic rings. The van der Waals surface area contributed by atoms with Gasteiger partial charge in [-0.05, 0) is 107 Å². The molecule has 6 N–H and O–H groups in total. The number of nitrogens with two attached hydrogens (primary N) is 2. The first-order valence-corrected chi connectivity index (χ1v) is 21.1. The molecular formula is C45H52Cl2N10O2. The number of likely N-dealkylation sites (N-methyl/N-ethyl adjacent to an activating group) is 2. The van der Waals surface area contributed by atoms with E-state index in [0.29, 0.717) is 21.7 Å². The van der Waals surface area contributed by atoms with Crippen LogP contribution in [0.25, 0.3) is 0 Å². The molecule has 6 aliphatic rings. The maximum atomic E-state index is 10.6. The zero-order valence-electron chi connectivity index (χ0n) is 34.0. The lowest BCUT2D eigenvalue weighted by atomic mass is 9.75. The van der Waals surface area contributed by atoms with Gasteiger partial charge in [0.25, 0.3) is 0 Å². The summed E-state index contributed by atoms with van der Waals surface area (Å²) in [7, 11) is 4.28. The second-order valence-electron chi connectivity index (χ2n) is 17.5. The largest absolute Gasteiger partial charge is 0.378 e. The fourth-order valence-corrected chi connectivity index (χ4v) is 10.3. The quantitative estimate of drug-likeness (QED) is 0.176. The van der Waals surface area contributed by atoms with Crippen molar-refractivity contribution in [3.05, 3.63) is 81.1 Å². The fraction of sp³-hybridized carbons (Fsp3) is 0.467. The SMILES string of the molecule is C#CC1(O)CCCC1.CN1CC2(C1)CN(c1nc(N)ncc1Cl)c1cc(C#CC3(O)CCCC3)ccc12.Cc1ccc2c(c1)N(c1nc(N)ncc1Cl)CC21CN(C)C1. The summed E-state index contributed by atoms with van der Waals surface area (Å²) in [6, 6.07) is 12.9. The molecule has 308 valence electrons. The van der Waals surface area contributed by atoms with Crippen molar-refractivity contribution in [1.29, 1.82) is 0 Å². The number of halogens is 2. The summed E-state index contributed by atoms with van der Waals surface area (Å²) in [5, 5.41) is 20.8. The van der Waals surface area contributed by atoms with E-state index in [2.05, 4.69) is 115 Å². The predicted molar refractivity (Wildman–Crippen MR) is 235 cm³/mol. The molecular weight excluding hydrogens is 783 g/mol. The van der Waals surface area contributed by atoms with Crippen molar-refractivity contribution in [1.82, 2.24) is 29.7 Å². The first-order chi connectivity index (χ1) is 28.1. The van der Waals surface area contributed by atoms with E-state index < -0.39 is 11.2 Å². The van der Waals surface area contributed by atoms with Gasteiger partial charge in [0.05, 0.1) is 12.4 Å². The molecule has 59 heavy (non-hydrogen) atoms. The lowest BCUT2D eigenvalue weighted by Gasteiger charge is -2.46. The maximum Gasteiger partial charge on any atom is 0.222 e. The summed E-state index contributed by atoms with van der Waals surface area (Å²) in [5.74, 6) is 10.5. The topological polar surface area (TPSA) is 157 Å². The van der Waals surface area contributed by atoms with Gasteiger partial charge in [-0.3, -0.25) is 0 Å². The Morgan fingerprint density at radius 2 is 1.14 bits per heavy atom. The fourth-order valence-electron chi connectivity index (χ4n) is 9.93. The van der Waals surface area contributed by atoms with Gasteiger partial charge < -0.3 is 41.3 Å². The van der Waals surface area contributed by atoms with Gasteiger partial charge in [-0.25, -0.2) is 9.97 Å². The number of nitrogens with zero attached hydrogens (tertiary/aromatic N) is 8. The van der Waals surface area contributed by atoms with E-state index in [1.165, 1.54) is 22.4 Å². The molecule has 14 heteroatoms. The Morgan fingerprint density at radius 3 is 1.59 bits per heavy atom. The van der Waals surface area contributed by atoms with Crippen molar-refractivity contribution in [2.24, 2.45) is 0 Å². The van der Waals surface area contributed by atoms with Crippen LogP contribution in [-0.4, -0.2) is 105 Å². The van der Waals surface area contributed by atoms with Crippen LogP contribution in [0.3, 0.4) is 0 Å². The third kappa shape index (κ3) is 8.03. The number of aromatic nitrogens is 4. The van der Waals surface area contributed by atoms with Crippen molar-refractivity contribution in [2.45, 2.75) is 80.3 Å². The number of rotatable bonds is 2. The van der Waals surface area contributed by atoms with E-state index in [-0.39, 0.29) is 22.7 Å². The average molecular weight is 836 g/mol. The van der Waals surface area contributed by atoms with Gasteiger partial charge in [0, 0.05) is 67.0 Å². The van der Waals surface area contributed by atoms with Crippen LogP contribution in [0.5, 0.6) is 0 Å². The minimum atomic E-state index is -0.846. The van der Waals surface area contributed by atoms with Crippen LogP contribution < -0.4 is 21.3 Å². The van der Waals surface area contributed by atoms with Crippen LogP contribution in [0, 0.1) is 31.1 Å². The molecule has 2 aromatic carbocycles. The number of anilines is 6. The standard InChI is InChI=1S/C22H24ClN5O.C16H18ClN5.C7H10O/c1-27-12-21(13-27)14-28(19-17(23)11-25-20(24)26-19)18-10-15(4-5-16(18)21)6-9-22(29)7-2-3-8-22;1-10-3-4-11-13(5-10)22(9-16(11)7-21(2)8-16)14-12(17)6-19-15(18)20-14;1-2-7(8)5-3-4-6-7/h4-5,10-11,29H,2-3,7-8,12-14H2,1H3,(H2,24,25,26);3-6H,7-9H2,1-2H3,(H2,18,19,20);1,8H,3-6H2. The highest BCUT2D eigenvalue weighted by Gasteiger charge is 2.52. The van der Waals surface area contributed by atoms with Crippen molar-refractivity contribution in [2.75, 3.05) is 74.6 Å². The highest BCUT2D eigenvalue weighted by atomic mass is 35.5. The number of likely N-dealkylation sites (tertiary alicyclic amines) is 2. The Morgan fingerprint density at radius 1 is 0.678 bits per heavy atom. The zero-order valence-corrected chi connectivity index (χ0v) is 35.5. The Kier molecular flexibility index (Phi) is 11.0. The third-order valence-corrected chi connectivity index (χ3v) is 13.2. The van der Waals surface area contributed by atoms with Gasteiger partial charge in [0.1, 0.15) is 21.2 Å². The minimum Gasteiger partial charge on any atom is -0.378 e. The number of hydrogen-bond acceptors (Lipinski definition) is 12. The van der Waals surface area contributed by atoms with Crippen molar-refractivity contribution in [3.63, 3.8) is 0 Å². The number of fused-ring (bicyclic) bond motifs is 4. The Hall–Kier alpha value is -4.66. The van der Waals surface area contributed by atoms with Gasteiger partial charge >= 0.3 is 0 Å². The van der Waals surface area contributed by atoms with Gasteiger partial charge in [-0.2, -0.15) is 9.97 Å². The molecule has 4 fully saturated rings. The lowest BCUT2D eigenvalue weighted by Crippen LogP contribution is -2.59. The number of aliphatic hydroxyl groups is 2. The van der Waals surface area contributed by atoms with E-state index in [9.17, 15) is 10.2 Å². The Labute approximate surface area is 356 Å². The van der Waals surface area contributed by atoms with Gasteiger partial charge in [-0.1, -0.05) is 59.2 Å². The van der Waals surface area contributed by atoms with Gasteiger partial charge in [-0.15, -0.1) is 6.42 Å². The molecule has 0 amide bonds. The third-order valence-electron chi connectivity index (χ3n) is 12.7. The molecule has 6 heterocycles. The summed E-state index contributed by atoms with van der Waals surface area (Å²) in [6.45, 7) is 7.86. The minimum absolute atomic E-state index is 0.0583. The predicted octanol–water partition coefficient (Wildman–Crippen LogP) is 5.98. The first kappa shape index (κ1) is 41.1. The second-order valence-corrected chi connectivity index (χ2v) is 18.3. The van der Waals surface area contributed by atoms with Crippen molar-refractivity contribution < 1.29 is 10.2 Å². The molecule has 12 nitrogen and oxygen atoms in total. The van der Waals surface area contributed by atoms with Crippen LogP contribution in [0.2, 0.25) is 10.0 Å². The molecule has 2 aliphatic carbocycles. The number of terminal acetylenes is 1. The van der Waals surface area contributed by atoms with Crippen LogP contribution in [-0.2, 0) is 10.8 Å². The molecule has 0 unspecified atom stereocenters. The molecule has 2 saturated carbocycles. The zero-order chi connectivity index (χ0) is 41.7. The van der Waals surface area contributed by atoms with Gasteiger partial charge in [0.2, 0.25) is 11.9 Å². The van der Waals surface area contributed by atoms with Crippen LogP contribution in [0.15, 0.2) is 48.8 Å². The smallest absolute Gasteiger partial charge is 0.222 e. The van der Waals surface area contributed by atoms with Crippen molar-refractivity contribution >= 4 is 58.1 Å². The van der Waals surface area contributed by atoms with Crippen LogP contribution >= 0.6 is 23.2 Å². The Bertz CT molecular complexity index is 2350. The molecule has 0 bridgehead atoms. The highest BCUT2D eigenvalue weighted by Crippen LogP contribution is 2.51. The average Bonchev–Trinajstić information content (AvgIpc) is 3.98. The molecule has 2 spiro atoms. The van der Waals surface area contributed by atoms with E-state index in [4.69, 9.17) is 41.1 Å². The highest BCUT2D eigenvalue weighted by molar-refractivity contribution is 6.33. The van der Waals surface area contributed by atoms with E-state index >= 15 is 0 Å². The monoisotopic (exact) mass is 834 g/mol. The summed E-state index contributed by atoms with van der Waals surface area (Å²) in [6.07, 6.45) is 15.5. The summed E-state index contributed by atoms with van der Waals surface area (Å²) < 4.78 is 0. The number of nitrogen functional groups attached to an aromatic ring is 2.